The molecule has 1 unspecified atom stereocenters. The van der Waals surface area contributed by atoms with Gasteiger partial charge in [0, 0.05) is 20.2 Å². The van der Waals surface area contributed by atoms with Gasteiger partial charge in [0.15, 0.2) is 0 Å². The molecule has 21 heavy (non-hydrogen) atoms. The molecule has 1 aliphatic heterocycles. The smallest absolute Gasteiger partial charge is 0.321 e. The third kappa shape index (κ3) is 5.68. The molecule has 8 heteroatoms. The number of nitrogens with one attached hydrogen (secondary N) is 2. The highest BCUT2D eigenvalue weighted by Gasteiger charge is 2.38. The fraction of sp³-hybridized carbons (Fsp3) is 0.769. The maximum absolute atomic E-state index is 11.7. The first kappa shape index (κ1) is 17.4. The number of carboxylic acid groups (broad SMARTS) is 1. The van der Waals surface area contributed by atoms with Crippen LogP contribution in [0.5, 0.6) is 0 Å². The van der Waals surface area contributed by atoms with Crippen molar-refractivity contribution in [2.45, 2.75) is 19.8 Å². The van der Waals surface area contributed by atoms with Gasteiger partial charge in [0.05, 0.1) is 18.6 Å². The predicted molar refractivity (Wildman–Crippen MR) is 74.8 cm³/mol. The molecule has 0 bridgehead atoms. The average Bonchev–Trinajstić information content (AvgIpc) is 2.38. The first-order valence-electron chi connectivity index (χ1n) is 6.90. The van der Waals surface area contributed by atoms with Crippen molar-refractivity contribution < 1.29 is 24.2 Å². The van der Waals surface area contributed by atoms with Crippen molar-refractivity contribution in [3.63, 3.8) is 0 Å². The van der Waals surface area contributed by atoms with Gasteiger partial charge in [-0.05, 0) is 26.3 Å². The highest BCUT2D eigenvalue weighted by atomic mass is 16.5. The molecular formula is C13H23N3O5. The summed E-state index contributed by atoms with van der Waals surface area (Å²) in [6.45, 7) is 3.33. The Balaban J connectivity index is 2.37. The predicted octanol–water partition coefficient (Wildman–Crippen LogP) is -0.355. The molecule has 0 aliphatic carbocycles. The molecule has 0 radical (unpaired) electrons. The number of likely N-dealkylation sites (tertiary alicyclic amines) is 1. The number of piperidine rings is 1. The first-order valence-corrected chi connectivity index (χ1v) is 6.90. The summed E-state index contributed by atoms with van der Waals surface area (Å²) in [5, 5.41) is 13.9. The van der Waals surface area contributed by atoms with Crippen molar-refractivity contribution in [2.24, 2.45) is 5.41 Å². The molecular weight excluding hydrogens is 278 g/mol. The molecule has 3 N–H and O–H groups in total. The van der Waals surface area contributed by atoms with Crippen LogP contribution < -0.4 is 10.6 Å². The number of carboxylic acids is 1. The Kier molecular flexibility index (Phi) is 6.57. The summed E-state index contributed by atoms with van der Waals surface area (Å²) in [5.74, 6) is -1.30. The summed E-state index contributed by atoms with van der Waals surface area (Å²) in [7, 11) is 1.51. The van der Waals surface area contributed by atoms with Crippen LogP contribution in [0.3, 0.4) is 0 Å². The number of carbonyl (C=O) groups is 3. The van der Waals surface area contributed by atoms with E-state index in [1.165, 1.54) is 7.11 Å². The summed E-state index contributed by atoms with van der Waals surface area (Å²) >= 11 is 0. The fourth-order valence-electron chi connectivity index (χ4n) is 2.33. The zero-order chi connectivity index (χ0) is 15.9. The molecule has 120 valence electrons. The molecule has 0 saturated carbocycles. The minimum Gasteiger partial charge on any atom is -0.481 e. The van der Waals surface area contributed by atoms with Crippen molar-refractivity contribution in [1.29, 1.82) is 0 Å². The van der Waals surface area contributed by atoms with E-state index in [2.05, 4.69) is 10.6 Å². The number of hydrogen-bond donors (Lipinski definition) is 3. The number of amides is 3. The zero-order valence-electron chi connectivity index (χ0n) is 12.5. The van der Waals surface area contributed by atoms with Crippen LogP contribution in [0.2, 0.25) is 0 Å². The van der Waals surface area contributed by atoms with Gasteiger partial charge < -0.3 is 15.2 Å². The van der Waals surface area contributed by atoms with Gasteiger partial charge >= 0.3 is 12.0 Å². The highest BCUT2D eigenvalue weighted by molar-refractivity contribution is 5.95. The molecule has 0 spiro atoms. The summed E-state index contributed by atoms with van der Waals surface area (Å²) in [5.41, 5.74) is -0.834. The molecule has 1 aliphatic rings. The first-order chi connectivity index (χ1) is 9.87. The third-order valence-corrected chi connectivity index (χ3v) is 3.50. The van der Waals surface area contributed by atoms with E-state index in [1.54, 1.807) is 11.8 Å². The molecule has 0 aromatic rings. The lowest BCUT2D eigenvalue weighted by atomic mass is 9.82. The molecule has 0 aromatic heterocycles. The van der Waals surface area contributed by atoms with Crippen LogP contribution in [0.25, 0.3) is 0 Å². The Labute approximate surface area is 123 Å². The van der Waals surface area contributed by atoms with Crippen LogP contribution in [0.1, 0.15) is 19.8 Å². The molecule has 1 saturated heterocycles. The minimum absolute atomic E-state index is 0.0145. The molecule has 1 fully saturated rings. The van der Waals surface area contributed by atoms with Crippen LogP contribution in [0.4, 0.5) is 4.79 Å². The van der Waals surface area contributed by atoms with E-state index < -0.39 is 23.3 Å². The topological polar surface area (TPSA) is 108 Å². The van der Waals surface area contributed by atoms with Gasteiger partial charge in [0.1, 0.15) is 0 Å². The molecule has 3 amide bonds. The average molecular weight is 301 g/mol. The maximum Gasteiger partial charge on any atom is 0.321 e. The molecule has 1 heterocycles. The van der Waals surface area contributed by atoms with Gasteiger partial charge in [-0.1, -0.05) is 0 Å². The lowest BCUT2D eigenvalue weighted by Gasteiger charge is -2.36. The number of rotatable bonds is 6. The summed E-state index contributed by atoms with van der Waals surface area (Å²) in [6, 6.07) is -0.574. The second-order valence-electron chi connectivity index (χ2n) is 5.48. The van der Waals surface area contributed by atoms with Crippen molar-refractivity contribution in [2.75, 3.05) is 39.9 Å². The number of imide groups is 1. The number of methoxy groups -OCH3 is 1. The van der Waals surface area contributed by atoms with Crippen LogP contribution in [-0.4, -0.2) is 67.8 Å². The lowest BCUT2D eigenvalue weighted by molar-refractivity contribution is -0.151. The van der Waals surface area contributed by atoms with E-state index in [9.17, 15) is 19.5 Å². The van der Waals surface area contributed by atoms with E-state index in [4.69, 9.17) is 4.74 Å². The minimum atomic E-state index is -0.857. The highest BCUT2D eigenvalue weighted by Crippen LogP contribution is 2.29. The van der Waals surface area contributed by atoms with E-state index in [0.29, 0.717) is 32.7 Å². The largest absolute Gasteiger partial charge is 0.481 e. The second-order valence-corrected chi connectivity index (χ2v) is 5.48. The van der Waals surface area contributed by atoms with Crippen molar-refractivity contribution in [3.05, 3.63) is 0 Å². The van der Waals surface area contributed by atoms with Gasteiger partial charge in [0.25, 0.3) is 0 Å². The van der Waals surface area contributed by atoms with Gasteiger partial charge in [-0.25, -0.2) is 4.79 Å². The monoisotopic (exact) mass is 301 g/mol. The van der Waals surface area contributed by atoms with E-state index in [-0.39, 0.29) is 6.54 Å². The van der Waals surface area contributed by atoms with E-state index in [0.717, 1.165) is 6.42 Å². The van der Waals surface area contributed by atoms with E-state index >= 15 is 0 Å². The molecule has 1 atom stereocenters. The van der Waals surface area contributed by atoms with Crippen molar-refractivity contribution in [3.8, 4) is 0 Å². The van der Waals surface area contributed by atoms with Crippen LogP contribution in [0.15, 0.2) is 0 Å². The Morgan fingerprint density at radius 1 is 1.38 bits per heavy atom. The lowest BCUT2D eigenvalue weighted by Crippen LogP contribution is -2.51. The maximum atomic E-state index is 11.7. The van der Waals surface area contributed by atoms with Crippen LogP contribution >= 0.6 is 0 Å². The summed E-state index contributed by atoms with van der Waals surface area (Å²) in [6.07, 6.45) is 1.31. The Morgan fingerprint density at radius 3 is 2.71 bits per heavy atom. The zero-order valence-corrected chi connectivity index (χ0v) is 12.5. The second kappa shape index (κ2) is 7.94. The third-order valence-electron chi connectivity index (χ3n) is 3.50. The SMILES string of the molecule is COCCNC(=O)NC(=O)CN1CCCC(C)(C(=O)O)C1. The molecule has 0 aromatic carbocycles. The molecule has 1 rings (SSSR count). The Hall–Kier alpha value is -1.67. The van der Waals surface area contributed by atoms with Crippen LogP contribution in [0, 0.1) is 5.41 Å². The van der Waals surface area contributed by atoms with Gasteiger partial charge in [-0.2, -0.15) is 0 Å². The normalized spacial score (nSPS) is 22.6. The van der Waals surface area contributed by atoms with Crippen molar-refractivity contribution in [1.82, 2.24) is 15.5 Å². The number of aliphatic carboxylic acids is 1. The summed E-state index contributed by atoms with van der Waals surface area (Å²) in [4.78, 5) is 36.1. The van der Waals surface area contributed by atoms with Gasteiger partial charge in [0.2, 0.25) is 5.91 Å². The van der Waals surface area contributed by atoms with Crippen LogP contribution in [-0.2, 0) is 14.3 Å². The van der Waals surface area contributed by atoms with Gasteiger partial charge in [-0.15, -0.1) is 0 Å². The molecule has 8 nitrogen and oxygen atoms in total. The standard InChI is InChI=1S/C13H23N3O5/c1-13(11(18)19)4-3-6-16(9-13)8-10(17)15-12(20)14-5-7-21-2/h3-9H2,1-2H3,(H,18,19)(H2,14,15,17,20). The Morgan fingerprint density at radius 2 is 2.10 bits per heavy atom. The quantitative estimate of drug-likeness (QED) is 0.579. The number of ether oxygens (including phenoxy) is 1. The number of hydrogen-bond acceptors (Lipinski definition) is 5. The van der Waals surface area contributed by atoms with Gasteiger partial charge in [-0.3, -0.25) is 19.8 Å². The number of nitrogens with zero attached hydrogens (tertiary/aromatic N) is 1. The number of carbonyl (C=O) groups excluding carboxylic acids is 2. The Bertz CT molecular complexity index is 401. The number of urea groups is 1. The van der Waals surface area contributed by atoms with Crippen molar-refractivity contribution >= 4 is 17.9 Å². The summed E-state index contributed by atoms with van der Waals surface area (Å²) < 4.78 is 4.77. The van der Waals surface area contributed by atoms with E-state index in [1.807, 2.05) is 0 Å². The fourth-order valence-corrected chi connectivity index (χ4v) is 2.33.